The normalized spacial score (nSPS) is 15.2. The Kier molecular flexibility index (Phi) is 4.16. The monoisotopic (exact) mass is 332 g/mol. The van der Waals surface area contributed by atoms with Gasteiger partial charge in [-0.1, -0.05) is 12.1 Å². The molecule has 0 spiro atoms. The van der Waals surface area contributed by atoms with Crippen molar-refractivity contribution in [2.24, 2.45) is 10.1 Å². The van der Waals surface area contributed by atoms with Crippen LogP contribution in [0.4, 0.5) is 5.69 Å². The highest BCUT2D eigenvalue weighted by Crippen LogP contribution is 2.30. The fraction of sp³-hybridized carbons (Fsp3) is 0.200. The molecule has 0 saturated carbocycles. The smallest absolute Gasteiger partial charge is 0.344 e. The van der Waals surface area contributed by atoms with E-state index in [-0.39, 0.29) is 5.84 Å². The van der Waals surface area contributed by atoms with Gasteiger partial charge in [-0.05, 0) is 37.1 Å². The van der Waals surface area contributed by atoms with E-state index < -0.39 is 10.2 Å². The van der Waals surface area contributed by atoms with Gasteiger partial charge < -0.3 is 10.5 Å². The molecule has 120 valence electrons. The summed E-state index contributed by atoms with van der Waals surface area (Å²) in [6.45, 7) is 0.465. The van der Waals surface area contributed by atoms with Crippen molar-refractivity contribution in [3.8, 4) is 5.75 Å². The number of rotatable bonds is 5. The van der Waals surface area contributed by atoms with Crippen molar-refractivity contribution in [2.75, 3.05) is 11.3 Å². The zero-order valence-corrected chi connectivity index (χ0v) is 13.1. The van der Waals surface area contributed by atoms with Gasteiger partial charge in [-0.15, -0.1) is 4.40 Å². The minimum Gasteiger partial charge on any atom is -0.493 e. The second-order valence-corrected chi connectivity index (χ2v) is 6.34. The maximum absolute atomic E-state index is 11.5. The second-order valence-electron chi connectivity index (χ2n) is 5.01. The largest absolute Gasteiger partial charge is 0.493 e. The van der Waals surface area contributed by atoms with Crippen LogP contribution in [0.2, 0.25) is 0 Å². The van der Waals surface area contributed by atoms with Gasteiger partial charge in [-0.2, -0.15) is 8.42 Å². The summed E-state index contributed by atoms with van der Waals surface area (Å²) in [5.41, 5.74) is 7.61. The molecule has 7 nitrogen and oxygen atoms in total. The number of hydrogen-bond donors (Lipinski definition) is 2. The van der Waals surface area contributed by atoms with Crippen LogP contribution in [0, 0.1) is 0 Å². The molecule has 0 atom stereocenters. The van der Waals surface area contributed by atoms with Gasteiger partial charge in [0.15, 0.2) is 5.84 Å². The maximum Gasteiger partial charge on any atom is 0.344 e. The lowest BCUT2D eigenvalue weighted by molar-refractivity contribution is 0.310. The van der Waals surface area contributed by atoms with E-state index in [0.29, 0.717) is 23.6 Å². The summed E-state index contributed by atoms with van der Waals surface area (Å²) >= 11 is 0. The number of benzene rings is 1. The highest BCUT2D eigenvalue weighted by atomic mass is 32.2. The van der Waals surface area contributed by atoms with Gasteiger partial charge in [0.1, 0.15) is 5.75 Å². The summed E-state index contributed by atoms with van der Waals surface area (Å²) in [4.78, 5) is 4.25. The molecule has 0 unspecified atom stereocenters. The van der Waals surface area contributed by atoms with Crippen molar-refractivity contribution in [2.45, 2.75) is 12.8 Å². The van der Waals surface area contributed by atoms with Gasteiger partial charge >= 0.3 is 10.2 Å². The summed E-state index contributed by atoms with van der Waals surface area (Å²) in [6, 6.07) is 10.8. The van der Waals surface area contributed by atoms with Crippen LogP contribution < -0.4 is 15.2 Å². The van der Waals surface area contributed by atoms with Crippen molar-refractivity contribution >= 4 is 21.7 Å². The SMILES string of the molecule is NC1=NS(=O)(=O)Nc2cccc(OCCCc3ccccn3)c21. The molecule has 0 radical (unpaired) electrons. The molecule has 3 N–H and O–H groups in total. The lowest BCUT2D eigenvalue weighted by Gasteiger charge is -2.19. The van der Waals surface area contributed by atoms with Gasteiger partial charge in [0.05, 0.1) is 17.9 Å². The summed E-state index contributed by atoms with van der Waals surface area (Å²) < 4.78 is 34.6. The molecule has 1 aliphatic rings. The van der Waals surface area contributed by atoms with E-state index in [0.717, 1.165) is 18.5 Å². The molecule has 2 aromatic rings. The fourth-order valence-electron chi connectivity index (χ4n) is 2.32. The molecular weight excluding hydrogens is 316 g/mol. The topological polar surface area (TPSA) is 107 Å². The number of aromatic nitrogens is 1. The number of fused-ring (bicyclic) bond motifs is 1. The third-order valence-corrected chi connectivity index (χ3v) is 4.22. The molecule has 1 aromatic carbocycles. The standard InChI is InChI=1S/C15H16N4O3S/c16-15-14-12(18-23(20,21)19-15)7-3-8-13(14)22-10-4-6-11-5-1-2-9-17-11/h1-3,5,7-9,18H,4,6,10H2,(H2,16,19). The average molecular weight is 332 g/mol. The predicted molar refractivity (Wildman–Crippen MR) is 87.8 cm³/mol. The first-order valence-corrected chi connectivity index (χ1v) is 8.53. The summed E-state index contributed by atoms with van der Waals surface area (Å²) in [5.74, 6) is 0.436. The molecule has 3 rings (SSSR count). The quantitative estimate of drug-likeness (QED) is 0.806. The van der Waals surface area contributed by atoms with E-state index in [9.17, 15) is 8.42 Å². The predicted octanol–water partition coefficient (Wildman–Crippen LogP) is 1.47. The van der Waals surface area contributed by atoms with E-state index in [4.69, 9.17) is 10.5 Å². The molecule has 0 aliphatic carbocycles. The first kappa shape index (κ1) is 15.3. The van der Waals surface area contributed by atoms with Crippen molar-refractivity contribution < 1.29 is 13.2 Å². The van der Waals surface area contributed by atoms with E-state index >= 15 is 0 Å². The minimum atomic E-state index is -3.77. The van der Waals surface area contributed by atoms with Crippen molar-refractivity contribution in [3.63, 3.8) is 0 Å². The molecule has 0 fully saturated rings. The molecule has 8 heteroatoms. The lowest BCUT2D eigenvalue weighted by atomic mass is 10.1. The Morgan fingerprint density at radius 3 is 2.83 bits per heavy atom. The third kappa shape index (κ3) is 3.59. The van der Waals surface area contributed by atoms with Crippen LogP contribution in [-0.4, -0.2) is 25.8 Å². The van der Waals surface area contributed by atoms with E-state index in [1.54, 1.807) is 24.4 Å². The number of aryl methyl sites for hydroxylation is 1. The molecule has 0 saturated heterocycles. The molecule has 23 heavy (non-hydrogen) atoms. The Labute approximate surface area is 134 Å². The first-order valence-electron chi connectivity index (χ1n) is 7.09. The van der Waals surface area contributed by atoms with Crippen LogP contribution in [0.5, 0.6) is 5.75 Å². The Bertz CT molecular complexity index is 835. The van der Waals surface area contributed by atoms with Gasteiger partial charge in [0.2, 0.25) is 0 Å². The number of nitrogens with one attached hydrogen (secondary N) is 1. The van der Waals surface area contributed by atoms with E-state index in [1.807, 2.05) is 18.2 Å². The van der Waals surface area contributed by atoms with Crippen LogP contribution in [0.15, 0.2) is 47.0 Å². The third-order valence-electron chi connectivity index (χ3n) is 3.30. The molecule has 2 heterocycles. The van der Waals surface area contributed by atoms with Gasteiger partial charge in [0, 0.05) is 11.9 Å². The molecule has 1 aromatic heterocycles. The number of nitrogens with zero attached hydrogens (tertiary/aromatic N) is 2. The summed E-state index contributed by atoms with van der Waals surface area (Å²) in [7, 11) is -3.77. The van der Waals surface area contributed by atoms with Crippen molar-refractivity contribution in [1.29, 1.82) is 0 Å². The second kappa shape index (κ2) is 6.25. The Hall–Kier alpha value is -2.61. The molecule has 0 amide bonds. The van der Waals surface area contributed by atoms with Crippen LogP contribution in [-0.2, 0) is 16.6 Å². The van der Waals surface area contributed by atoms with Crippen molar-refractivity contribution in [3.05, 3.63) is 53.9 Å². The number of hydrogen-bond acceptors (Lipinski definition) is 5. The number of anilines is 1. The van der Waals surface area contributed by atoms with Crippen LogP contribution >= 0.6 is 0 Å². The fourth-order valence-corrected chi connectivity index (χ4v) is 3.16. The minimum absolute atomic E-state index is 0.0703. The zero-order chi connectivity index (χ0) is 16.3. The maximum atomic E-state index is 11.5. The van der Waals surface area contributed by atoms with Crippen LogP contribution in [0.1, 0.15) is 17.7 Å². The summed E-state index contributed by atoms with van der Waals surface area (Å²) in [6.07, 6.45) is 3.34. The molecule has 1 aliphatic heterocycles. The highest BCUT2D eigenvalue weighted by Gasteiger charge is 2.24. The van der Waals surface area contributed by atoms with Gasteiger partial charge in [0.25, 0.3) is 0 Å². The number of amidine groups is 1. The molecular formula is C15H16N4O3S. The number of pyridine rings is 1. The Morgan fingerprint density at radius 2 is 2.04 bits per heavy atom. The highest BCUT2D eigenvalue weighted by molar-refractivity contribution is 7.91. The molecule has 0 bridgehead atoms. The van der Waals surface area contributed by atoms with Crippen LogP contribution in [0.3, 0.4) is 0 Å². The lowest BCUT2D eigenvalue weighted by Crippen LogP contribution is -2.27. The number of ether oxygens (including phenoxy) is 1. The van der Waals surface area contributed by atoms with Gasteiger partial charge in [-0.3, -0.25) is 9.71 Å². The Balaban J connectivity index is 1.68. The van der Waals surface area contributed by atoms with Gasteiger partial charge in [-0.25, -0.2) is 0 Å². The zero-order valence-electron chi connectivity index (χ0n) is 12.3. The van der Waals surface area contributed by atoms with E-state index in [2.05, 4.69) is 14.1 Å². The Morgan fingerprint density at radius 1 is 1.17 bits per heavy atom. The summed E-state index contributed by atoms with van der Waals surface area (Å²) in [5, 5.41) is 0. The van der Waals surface area contributed by atoms with Crippen LogP contribution in [0.25, 0.3) is 0 Å². The number of nitrogens with two attached hydrogens (primary N) is 1. The van der Waals surface area contributed by atoms with E-state index in [1.165, 1.54) is 0 Å². The average Bonchev–Trinajstić information content (AvgIpc) is 2.51. The first-order chi connectivity index (χ1) is 11.1. The van der Waals surface area contributed by atoms with Crippen molar-refractivity contribution in [1.82, 2.24) is 4.98 Å².